The molecule has 0 radical (unpaired) electrons. The Kier molecular flexibility index (Phi) is 3.55. The second-order valence-corrected chi connectivity index (χ2v) is 3.84. The first-order valence-corrected chi connectivity index (χ1v) is 4.80. The lowest BCUT2D eigenvalue weighted by molar-refractivity contribution is 0.143. The van der Waals surface area contributed by atoms with Crippen LogP contribution in [0.4, 0.5) is 0 Å². The number of aliphatic hydroxyl groups is 1. The van der Waals surface area contributed by atoms with Crippen molar-refractivity contribution in [3.05, 3.63) is 29.3 Å². The Morgan fingerprint density at radius 3 is 2.56 bits per heavy atom. The minimum atomic E-state index is -1.06. The van der Waals surface area contributed by atoms with Crippen LogP contribution in [0.3, 0.4) is 0 Å². The Morgan fingerprint density at radius 1 is 1.38 bits per heavy atom. The molecule has 3 heteroatoms. The quantitative estimate of drug-likeness (QED) is 0.725. The summed E-state index contributed by atoms with van der Waals surface area (Å²) in [5, 5.41) is 18.3. The number of nitriles is 1. The van der Waals surface area contributed by atoms with E-state index in [4.69, 9.17) is 10.00 Å². The van der Waals surface area contributed by atoms with Crippen molar-refractivity contribution >= 4 is 0 Å². The van der Waals surface area contributed by atoms with Crippen molar-refractivity contribution in [3.63, 3.8) is 0 Å². The van der Waals surface area contributed by atoms with E-state index in [0.29, 0.717) is 16.9 Å². The molecule has 0 bridgehead atoms. The zero-order valence-corrected chi connectivity index (χ0v) is 9.53. The van der Waals surface area contributed by atoms with Crippen LogP contribution in [0.1, 0.15) is 25.0 Å². The molecule has 3 nitrogen and oxygen atoms in total. The Balaban J connectivity index is 3.19. The minimum absolute atomic E-state index is 0.515. The summed E-state index contributed by atoms with van der Waals surface area (Å²) in [7, 11) is 1.54. The van der Waals surface area contributed by atoms with Gasteiger partial charge in [0.25, 0.3) is 0 Å². The van der Waals surface area contributed by atoms with Gasteiger partial charge in [-0.2, -0.15) is 5.26 Å². The van der Waals surface area contributed by atoms with E-state index in [2.05, 4.69) is 11.8 Å². The Morgan fingerprint density at radius 2 is 2.06 bits per heavy atom. The second-order valence-electron chi connectivity index (χ2n) is 3.84. The van der Waals surface area contributed by atoms with Gasteiger partial charge in [-0.1, -0.05) is 11.8 Å². The third kappa shape index (κ3) is 3.31. The zero-order chi connectivity index (χ0) is 12.2. The van der Waals surface area contributed by atoms with Crippen molar-refractivity contribution in [1.82, 2.24) is 0 Å². The van der Waals surface area contributed by atoms with Gasteiger partial charge in [0.15, 0.2) is 0 Å². The highest BCUT2D eigenvalue weighted by Crippen LogP contribution is 2.18. The predicted octanol–water partition coefficient (Wildman–Crippen LogP) is 1.69. The van der Waals surface area contributed by atoms with Crippen LogP contribution in [0.5, 0.6) is 5.75 Å². The number of hydrogen-bond donors (Lipinski definition) is 1. The van der Waals surface area contributed by atoms with Crippen molar-refractivity contribution in [3.8, 4) is 23.7 Å². The van der Waals surface area contributed by atoms with E-state index in [9.17, 15) is 5.11 Å². The smallest absolute Gasteiger partial charge is 0.134 e. The van der Waals surface area contributed by atoms with Crippen LogP contribution in [0.25, 0.3) is 0 Å². The van der Waals surface area contributed by atoms with E-state index in [1.165, 1.54) is 7.11 Å². The van der Waals surface area contributed by atoms with Crippen LogP contribution >= 0.6 is 0 Å². The molecule has 1 aromatic carbocycles. The summed E-state index contributed by atoms with van der Waals surface area (Å²) >= 11 is 0. The number of ether oxygens (including phenoxy) is 1. The first-order chi connectivity index (χ1) is 7.46. The molecule has 16 heavy (non-hydrogen) atoms. The molecule has 1 rings (SSSR count). The molecule has 0 aliphatic carbocycles. The molecule has 0 aliphatic rings. The van der Waals surface area contributed by atoms with Crippen LogP contribution in [-0.2, 0) is 0 Å². The average Bonchev–Trinajstić information content (AvgIpc) is 2.25. The van der Waals surface area contributed by atoms with Gasteiger partial charge in [0.2, 0.25) is 0 Å². The van der Waals surface area contributed by atoms with E-state index in [0.717, 1.165) is 0 Å². The normalized spacial score (nSPS) is 9.94. The zero-order valence-electron chi connectivity index (χ0n) is 9.53. The summed E-state index contributed by atoms with van der Waals surface area (Å²) in [5.41, 5.74) is 0.0535. The molecule has 0 atom stereocenters. The largest absolute Gasteiger partial charge is 0.495 e. The van der Waals surface area contributed by atoms with Crippen molar-refractivity contribution in [2.24, 2.45) is 0 Å². The average molecular weight is 215 g/mol. The monoisotopic (exact) mass is 215 g/mol. The van der Waals surface area contributed by atoms with Crippen LogP contribution in [0, 0.1) is 23.2 Å². The SMILES string of the molecule is COc1ccc(C#N)cc1C#CC(C)(C)O. The van der Waals surface area contributed by atoms with Crippen LogP contribution in [-0.4, -0.2) is 17.8 Å². The van der Waals surface area contributed by atoms with Crippen LogP contribution in [0.2, 0.25) is 0 Å². The predicted molar refractivity (Wildman–Crippen MR) is 60.9 cm³/mol. The highest BCUT2D eigenvalue weighted by atomic mass is 16.5. The summed E-state index contributed by atoms with van der Waals surface area (Å²) < 4.78 is 5.12. The standard InChI is InChI=1S/C13H13NO2/c1-13(2,15)7-6-11-8-10(9-14)4-5-12(11)16-3/h4-5,8,15H,1-3H3. The molecule has 0 saturated heterocycles. The molecule has 82 valence electrons. The van der Waals surface area contributed by atoms with Gasteiger partial charge in [-0.15, -0.1) is 0 Å². The maximum Gasteiger partial charge on any atom is 0.134 e. The van der Waals surface area contributed by atoms with Gasteiger partial charge in [0.05, 0.1) is 24.3 Å². The Hall–Kier alpha value is -1.97. The molecule has 0 fully saturated rings. The summed E-state index contributed by atoms with van der Waals surface area (Å²) in [6.45, 7) is 3.20. The lowest BCUT2D eigenvalue weighted by Gasteiger charge is -2.07. The van der Waals surface area contributed by atoms with E-state index in [-0.39, 0.29) is 0 Å². The molecule has 0 aromatic heterocycles. The van der Waals surface area contributed by atoms with E-state index < -0.39 is 5.60 Å². The van der Waals surface area contributed by atoms with Crippen molar-refractivity contribution < 1.29 is 9.84 Å². The topological polar surface area (TPSA) is 53.2 Å². The lowest BCUT2D eigenvalue weighted by Crippen LogP contribution is -2.14. The summed E-state index contributed by atoms with van der Waals surface area (Å²) in [4.78, 5) is 0. The van der Waals surface area contributed by atoms with Gasteiger partial charge in [0, 0.05) is 0 Å². The molecule has 0 spiro atoms. The molecule has 1 aromatic rings. The number of benzene rings is 1. The van der Waals surface area contributed by atoms with E-state index in [1.807, 2.05) is 6.07 Å². The Labute approximate surface area is 95.3 Å². The number of rotatable bonds is 1. The first-order valence-electron chi connectivity index (χ1n) is 4.80. The molecule has 0 saturated carbocycles. The number of hydrogen-bond acceptors (Lipinski definition) is 3. The molecule has 0 heterocycles. The lowest BCUT2D eigenvalue weighted by atomic mass is 10.1. The van der Waals surface area contributed by atoms with Gasteiger partial charge in [-0.25, -0.2) is 0 Å². The third-order valence-corrected chi connectivity index (χ3v) is 1.83. The molecule has 0 aliphatic heterocycles. The van der Waals surface area contributed by atoms with E-state index in [1.54, 1.807) is 32.0 Å². The van der Waals surface area contributed by atoms with Gasteiger partial charge in [-0.3, -0.25) is 0 Å². The summed E-state index contributed by atoms with van der Waals surface area (Å²) in [5.74, 6) is 6.08. The molecule has 0 unspecified atom stereocenters. The van der Waals surface area contributed by atoms with Crippen molar-refractivity contribution in [2.75, 3.05) is 7.11 Å². The fourth-order valence-corrected chi connectivity index (χ4v) is 1.10. The van der Waals surface area contributed by atoms with Crippen molar-refractivity contribution in [1.29, 1.82) is 5.26 Å². The highest BCUT2D eigenvalue weighted by Gasteiger charge is 2.07. The third-order valence-electron chi connectivity index (χ3n) is 1.83. The van der Waals surface area contributed by atoms with Gasteiger partial charge < -0.3 is 9.84 Å². The second kappa shape index (κ2) is 4.70. The first kappa shape index (κ1) is 12.1. The maximum absolute atomic E-state index is 9.49. The molecule has 1 N–H and O–H groups in total. The minimum Gasteiger partial charge on any atom is -0.495 e. The fourth-order valence-electron chi connectivity index (χ4n) is 1.10. The van der Waals surface area contributed by atoms with Crippen LogP contribution in [0.15, 0.2) is 18.2 Å². The Bertz CT molecular complexity index is 481. The molecule has 0 amide bonds. The van der Waals surface area contributed by atoms with Gasteiger partial charge in [0.1, 0.15) is 11.4 Å². The summed E-state index contributed by atoms with van der Waals surface area (Å²) in [6.07, 6.45) is 0. The maximum atomic E-state index is 9.49. The molecular formula is C13H13NO2. The number of nitrogens with zero attached hydrogens (tertiary/aromatic N) is 1. The molecular weight excluding hydrogens is 202 g/mol. The number of methoxy groups -OCH3 is 1. The van der Waals surface area contributed by atoms with Gasteiger partial charge in [-0.05, 0) is 32.0 Å². The highest BCUT2D eigenvalue weighted by molar-refractivity contribution is 5.51. The van der Waals surface area contributed by atoms with Crippen molar-refractivity contribution in [2.45, 2.75) is 19.4 Å². The van der Waals surface area contributed by atoms with E-state index >= 15 is 0 Å². The van der Waals surface area contributed by atoms with Gasteiger partial charge >= 0.3 is 0 Å². The fraction of sp³-hybridized carbons (Fsp3) is 0.308. The van der Waals surface area contributed by atoms with Crippen LogP contribution < -0.4 is 4.74 Å². The summed E-state index contributed by atoms with van der Waals surface area (Å²) in [6, 6.07) is 7.01.